The molecule has 2 aromatic carbocycles. The Hall–Kier alpha value is -2.99. The van der Waals surface area contributed by atoms with Gasteiger partial charge in [-0.25, -0.2) is 4.39 Å². The maximum absolute atomic E-state index is 13.6. The number of benzene rings is 2. The van der Waals surface area contributed by atoms with Gasteiger partial charge in [-0.05, 0) is 30.7 Å². The Morgan fingerprint density at radius 1 is 1.15 bits per heavy atom. The number of rotatable bonds is 3. The number of aryl methyl sites for hydroxylation is 1. The summed E-state index contributed by atoms with van der Waals surface area (Å²) in [5.74, 6) is -1.05. The molecule has 6 heteroatoms. The summed E-state index contributed by atoms with van der Waals surface area (Å²) in [6.45, 7) is 1.75. The van der Waals surface area contributed by atoms with Crippen molar-refractivity contribution in [3.8, 4) is 0 Å². The van der Waals surface area contributed by atoms with Crippen LogP contribution in [0.15, 0.2) is 51.7 Å². The highest BCUT2D eigenvalue weighted by molar-refractivity contribution is 5.99. The number of fused-ring (bicyclic) bond motifs is 2. The predicted octanol–water partition coefficient (Wildman–Crippen LogP) is 2.78. The largest absolute Gasteiger partial charge is 0.450 e. The number of aliphatic hydroxyl groups excluding tert-OH is 1. The SMILES string of the molecule is Cc1ccc([C@H]2c3c(oc4ccc(F)cc4c3=O)C(=O)N2CCO)cc1. The van der Waals surface area contributed by atoms with Crippen molar-refractivity contribution >= 4 is 16.9 Å². The van der Waals surface area contributed by atoms with Crippen LogP contribution in [-0.4, -0.2) is 29.1 Å². The molecule has 0 saturated heterocycles. The van der Waals surface area contributed by atoms with Gasteiger partial charge in [0.25, 0.3) is 5.91 Å². The van der Waals surface area contributed by atoms with Crippen molar-refractivity contribution in [2.75, 3.05) is 13.2 Å². The lowest BCUT2D eigenvalue weighted by molar-refractivity contribution is 0.0691. The lowest BCUT2D eigenvalue weighted by atomic mass is 9.98. The first-order chi connectivity index (χ1) is 12.5. The van der Waals surface area contributed by atoms with Gasteiger partial charge in [0.15, 0.2) is 5.43 Å². The fourth-order valence-electron chi connectivity index (χ4n) is 3.43. The minimum atomic E-state index is -0.672. The summed E-state index contributed by atoms with van der Waals surface area (Å²) in [7, 11) is 0. The van der Waals surface area contributed by atoms with Crippen LogP contribution in [0.2, 0.25) is 0 Å². The van der Waals surface area contributed by atoms with E-state index in [-0.39, 0.29) is 35.4 Å². The van der Waals surface area contributed by atoms with E-state index >= 15 is 0 Å². The second kappa shape index (κ2) is 6.07. The zero-order valence-electron chi connectivity index (χ0n) is 14.0. The van der Waals surface area contributed by atoms with E-state index in [9.17, 15) is 19.1 Å². The van der Waals surface area contributed by atoms with E-state index in [1.54, 1.807) is 0 Å². The van der Waals surface area contributed by atoms with Gasteiger partial charge in [-0.15, -0.1) is 0 Å². The zero-order valence-corrected chi connectivity index (χ0v) is 14.0. The first kappa shape index (κ1) is 16.5. The van der Waals surface area contributed by atoms with E-state index < -0.39 is 23.2 Å². The maximum Gasteiger partial charge on any atom is 0.290 e. The average Bonchev–Trinajstić information content (AvgIpc) is 2.90. The van der Waals surface area contributed by atoms with Crippen LogP contribution in [0.1, 0.15) is 33.3 Å². The van der Waals surface area contributed by atoms with Gasteiger partial charge in [-0.1, -0.05) is 29.8 Å². The van der Waals surface area contributed by atoms with Gasteiger partial charge in [0.1, 0.15) is 11.4 Å². The molecule has 1 amide bonds. The average molecular weight is 353 g/mol. The molecule has 132 valence electrons. The molecule has 2 heterocycles. The van der Waals surface area contributed by atoms with E-state index in [2.05, 4.69) is 0 Å². The molecule has 0 radical (unpaired) electrons. The minimum absolute atomic E-state index is 0.0480. The summed E-state index contributed by atoms with van der Waals surface area (Å²) < 4.78 is 19.3. The number of carbonyl (C=O) groups excluding carboxylic acids is 1. The van der Waals surface area contributed by atoms with Crippen molar-refractivity contribution in [2.45, 2.75) is 13.0 Å². The number of amides is 1. The normalized spacial score (nSPS) is 16.3. The highest BCUT2D eigenvalue weighted by Gasteiger charge is 2.42. The lowest BCUT2D eigenvalue weighted by Crippen LogP contribution is -2.32. The van der Waals surface area contributed by atoms with Crippen molar-refractivity contribution in [2.24, 2.45) is 0 Å². The van der Waals surface area contributed by atoms with Crippen LogP contribution in [0.4, 0.5) is 4.39 Å². The van der Waals surface area contributed by atoms with Crippen LogP contribution >= 0.6 is 0 Å². The third kappa shape index (κ3) is 2.42. The molecule has 1 aliphatic rings. The Kier molecular flexibility index (Phi) is 3.85. The number of halogens is 1. The lowest BCUT2D eigenvalue weighted by Gasteiger charge is -2.24. The van der Waals surface area contributed by atoms with Crippen LogP contribution in [0, 0.1) is 12.7 Å². The van der Waals surface area contributed by atoms with Gasteiger partial charge in [-0.2, -0.15) is 0 Å². The molecule has 0 bridgehead atoms. The molecular weight excluding hydrogens is 337 g/mol. The van der Waals surface area contributed by atoms with Crippen molar-refractivity contribution < 1.29 is 18.7 Å². The monoisotopic (exact) mass is 353 g/mol. The first-order valence-electron chi connectivity index (χ1n) is 8.26. The minimum Gasteiger partial charge on any atom is -0.450 e. The summed E-state index contributed by atoms with van der Waals surface area (Å²) >= 11 is 0. The van der Waals surface area contributed by atoms with Crippen LogP contribution < -0.4 is 5.43 Å². The summed E-state index contributed by atoms with van der Waals surface area (Å²) in [6.07, 6.45) is 0. The van der Waals surface area contributed by atoms with Crippen molar-refractivity contribution in [3.63, 3.8) is 0 Å². The standard InChI is InChI=1S/C20H16FNO4/c1-11-2-4-12(5-3-11)17-16-18(24)14-10-13(21)6-7-15(14)26-19(16)20(25)22(17)8-9-23/h2-7,10,17,23H,8-9H2,1H3/t17-/m0/s1. The highest BCUT2D eigenvalue weighted by Crippen LogP contribution is 2.37. The second-order valence-corrected chi connectivity index (χ2v) is 6.35. The molecule has 26 heavy (non-hydrogen) atoms. The molecule has 0 aliphatic carbocycles. The zero-order chi connectivity index (χ0) is 18.4. The van der Waals surface area contributed by atoms with Crippen LogP contribution in [0.3, 0.4) is 0 Å². The molecule has 4 rings (SSSR count). The van der Waals surface area contributed by atoms with E-state index in [1.165, 1.54) is 17.0 Å². The number of β-amino-alcohol motifs (C(OH)–C–C–N with tert-alkyl or cyclic N) is 1. The van der Waals surface area contributed by atoms with E-state index in [0.717, 1.165) is 17.2 Å². The topological polar surface area (TPSA) is 70.8 Å². The van der Waals surface area contributed by atoms with Gasteiger partial charge < -0.3 is 14.4 Å². The molecule has 0 spiro atoms. The maximum atomic E-state index is 13.6. The summed E-state index contributed by atoms with van der Waals surface area (Å²) in [5.41, 5.74) is 1.70. The number of nitrogens with zero attached hydrogens (tertiary/aromatic N) is 1. The number of carbonyl (C=O) groups is 1. The molecule has 1 aromatic heterocycles. The summed E-state index contributed by atoms with van der Waals surface area (Å²) in [6, 6.07) is 10.4. The Morgan fingerprint density at radius 3 is 2.58 bits per heavy atom. The van der Waals surface area contributed by atoms with Crippen LogP contribution in [0.5, 0.6) is 0 Å². The molecular formula is C20H16FNO4. The highest BCUT2D eigenvalue weighted by atomic mass is 19.1. The Labute approximate surface area is 148 Å². The van der Waals surface area contributed by atoms with Crippen LogP contribution in [-0.2, 0) is 0 Å². The van der Waals surface area contributed by atoms with Crippen molar-refractivity contribution in [3.05, 3.63) is 81.0 Å². The first-order valence-corrected chi connectivity index (χ1v) is 8.26. The molecule has 0 saturated carbocycles. The third-order valence-electron chi connectivity index (χ3n) is 4.66. The van der Waals surface area contributed by atoms with Gasteiger partial charge in [-0.3, -0.25) is 9.59 Å². The quantitative estimate of drug-likeness (QED) is 0.786. The van der Waals surface area contributed by atoms with Crippen molar-refractivity contribution in [1.82, 2.24) is 4.90 Å². The van der Waals surface area contributed by atoms with Crippen molar-refractivity contribution in [1.29, 1.82) is 0 Å². The molecule has 1 aliphatic heterocycles. The molecule has 1 N–H and O–H groups in total. The Balaban J connectivity index is 2.01. The summed E-state index contributed by atoms with van der Waals surface area (Å²) in [4.78, 5) is 27.3. The number of aliphatic hydroxyl groups is 1. The van der Waals surface area contributed by atoms with E-state index in [4.69, 9.17) is 4.42 Å². The molecule has 1 atom stereocenters. The number of hydrogen-bond donors (Lipinski definition) is 1. The fourth-order valence-corrected chi connectivity index (χ4v) is 3.43. The molecule has 0 fully saturated rings. The fraction of sp³-hybridized carbons (Fsp3) is 0.200. The van der Waals surface area contributed by atoms with Gasteiger partial charge in [0, 0.05) is 6.54 Å². The van der Waals surface area contributed by atoms with E-state index in [0.29, 0.717) is 0 Å². The smallest absolute Gasteiger partial charge is 0.290 e. The predicted molar refractivity (Wildman–Crippen MR) is 93.6 cm³/mol. The Morgan fingerprint density at radius 2 is 1.88 bits per heavy atom. The summed E-state index contributed by atoms with van der Waals surface area (Å²) in [5, 5.41) is 9.47. The van der Waals surface area contributed by atoms with Gasteiger partial charge >= 0.3 is 0 Å². The van der Waals surface area contributed by atoms with Gasteiger partial charge in [0.05, 0.1) is 23.6 Å². The third-order valence-corrected chi connectivity index (χ3v) is 4.66. The molecule has 3 aromatic rings. The molecule has 0 unspecified atom stereocenters. The molecule has 5 nitrogen and oxygen atoms in total. The van der Waals surface area contributed by atoms with E-state index in [1.807, 2.05) is 31.2 Å². The van der Waals surface area contributed by atoms with Crippen LogP contribution in [0.25, 0.3) is 11.0 Å². The van der Waals surface area contributed by atoms with Gasteiger partial charge in [0.2, 0.25) is 5.76 Å². The second-order valence-electron chi connectivity index (χ2n) is 6.35. The Bertz CT molecular complexity index is 1070. The number of hydrogen-bond acceptors (Lipinski definition) is 4.